The number of methoxy groups -OCH3 is 1. The van der Waals surface area contributed by atoms with Crippen LogP contribution in [0.2, 0.25) is 5.02 Å². The maximum atomic E-state index is 13.8. The van der Waals surface area contributed by atoms with Crippen LogP contribution in [0.4, 0.5) is 0 Å². The minimum atomic E-state index is -0.267. The third-order valence-electron chi connectivity index (χ3n) is 9.19. The minimum absolute atomic E-state index is 0.151. The first-order valence-electron chi connectivity index (χ1n) is 17.5. The van der Waals surface area contributed by atoms with Crippen LogP contribution in [0.1, 0.15) is 97.8 Å². The van der Waals surface area contributed by atoms with Crippen LogP contribution in [0.15, 0.2) is 77.2 Å². The van der Waals surface area contributed by atoms with Crippen molar-refractivity contribution in [1.29, 1.82) is 5.26 Å². The van der Waals surface area contributed by atoms with Gasteiger partial charge in [-0.05, 0) is 93.3 Å². The summed E-state index contributed by atoms with van der Waals surface area (Å²) >= 11 is 6.68. The van der Waals surface area contributed by atoms with Crippen molar-refractivity contribution in [2.24, 2.45) is 5.92 Å². The van der Waals surface area contributed by atoms with Gasteiger partial charge >= 0.3 is 0 Å². The van der Waals surface area contributed by atoms with Crippen molar-refractivity contribution in [2.75, 3.05) is 13.7 Å². The first-order chi connectivity index (χ1) is 23.7. The summed E-state index contributed by atoms with van der Waals surface area (Å²) in [6, 6.07) is 25.8. The van der Waals surface area contributed by atoms with Crippen LogP contribution in [0, 0.1) is 24.2 Å². The molecule has 1 heterocycles. The van der Waals surface area contributed by atoms with Gasteiger partial charge in [0.2, 0.25) is 0 Å². The van der Waals surface area contributed by atoms with Gasteiger partial charge in [0.05, 0.1) is 41.4 Å². The van der Waals surface area contributed by atoms with Crippen LogP contribution in [0.3, 0.4) is 0 Å². The number of ether oxygens (including phenoxy) is 1. The van der Waals surface area contributed by atoms with Crippen LogP contribution >= 0.6 is 11.6 Å². The molecule has 1 saturated carbocycles. The fourth-order valence-electron chi connectivity index (χ4n) is 6.15. The van der Waals surface area contributed by atoms with Gasteiger partial charge in [0.1, 0.15) is 17.3 Å². The lowest BCUT2D eigenvalue weighted by molar-refractivity contribution is 0.0935. The molecular weight excluding hydrogens is 632 g/mol. The van der Waals surface area contributed by atoms with Crippen molar-refractivity contribution in [3.8, 4) is 23.1 Å². The first kappa shape index (κ1) is 37.7. The molecule has 0 spiro atoms. The lowest BCUT2D eigenvalue weighted by atomic mass is 9.87. The number of carbonyl (C=O) groups is 1. The van der Waals surface area contributed by atoms with Crippen LogP contribution in [0.5, 0.6) is 5.75 Å². The van der Waals surface area contributed by atoms with E-state index in [2.05, 4.69) is 67.1 Å². The van der Waals surface area contributed by atoms with E-state index in [1.54, 1.807) is 19.2 Å². The highest BCUT2D eigenvalue weighted by Gasteiger charge is 2.23. The summed E-state index contributed by atoms with van der Waals surface area (Å²) < 4.78 is 11.9. The Morgan fingerprint density at radius 3 is 2.37 bits per heavy atom. The molecule has 3 N–H and O–H groups in total. The summed E-state index contributed by atoms with van der Waals surface area (Å²) in [6.45, 7) is 11.7. The van der Waals surface area contributed by atoms with E-state index in [0.717, 1.165) is 30.1 Å². The third-order valence-corrected chi connectivity index (χ3v) is 9.50. The number of nitrogens with one attached hydrogen (secondary N) is 3. The second-order valence-electron chi connectivity index (χ2n) is 12.9. The van der Waals surface area contributed by atoms with Crippen molar-refractivity contribution in [3.63, 3.8) is 0 Å². The molecule has 1 fully saturated rings. The molecule has 0 bridgehead atoms. The quantitative estimate of drug-likeness (QED) is 0.130. The highest BCUT2D eigenvalue weighted by atomic mass is 35.5. The van der Waals surface area contributed by atoms with Gasteiger partial charge in [0.25, 0.3) is 5.91 Å². The lowest BCUT2D eigenvalue weighted by Gasteiger charge is -2.29. The van der Waals surface area contributed by atoms with Gasteiger partial charge in [-0.1, -0.05) is 74.3 Å². The number of aryl methyl sites for hydroxylation is 1. The largest absolute Gasteiger partial charge is 0.496 e. The maximum Gasteiger partial charge on any atom is 0.253 e. The molecule has 5 rings (SSSR count). The average molecular weight is 683 g/mol. The number of benzene rings is 3. The Labute approximate surface area is 297 Å². The van der Waals surface area contributed by atoms with Crippen LogP contribution in [0.25, 0.3) is 11.3 Å². The summed E-state index contributed by atoms with van der Waals surface area (Å²) in [7, 11) is 1.58. The number of amides is 1. The van der Waals surface area contributed by atoms with E-state index >= 15 is 0 Å². The summed E-state index contributed by atoms with van der Waals surface area (Å²) in [6.07, 6.45) is 5.31. The molecule has 2 atom stereocenters. The van der Waals surface area contributed by atoms with E-state index in [-0.39, 0.29) is 18.0 Å². The monoisotopic (exact) mass is 682 g/mol. The maximum absolute atomic E-state index is 13.8. The molecule has 260 valence electrons. The second-order valence-corrected chi connectivity index (χ2v) is 13.3. The standard InChI is InChI=1S/C39H45ClN4O3.C2H6/c1-25-5-13-30(14-6-25)27(3)42-24-33-17-18-37(47-33)35-20-34(36(40)21-38(35)46-4)39(45)44-32(19-28-9-11-29(22-41)12-10-28)23-43-31-15-7-26(2)8-16-31;1-2/h5-6,9-14,17-18,20-21,26-27,31-32,42-43H,7-8,15-16,19,23-24H2,1-4H3,(H,44,45);1-2H3. The van der Waals surface area contributed by atoms with Crippen molar-refractivity contribution >= 4 is 17.5 Å². The van der Waals surface area contributed by atoms with Gasteiger partial charge in [-0.3, -0.25) is 4.79 Å². The predicted molar refractivity (Wildman–Crippen MR) is 199 cm³/mol. The highest BCUT2D eigenvalue weighted by molar-refractivity contribution is 6.34. The molecule has 0 aliphatic heterocycles. The molecule has 49 heavy (non-hydrogen) atoms. The molecule has 2 unspecified atom stereocenters. The topological polar surface area (TPSA) is 99.3 Å². The Morgan fingerprint density at radius 2 is 1.71 bits per heavy atom. The van der Waals surface area contributed by atoms with Crippen LogP contribution in [-0.2, 0) is 13.0 Å². The highest BCUT2D eigenvalue weighted by Crippen LogP contribution is 2.36. The van der Waals surface area contributed by atoms with Crippen molar-refractivity contribution < 1.29 is 13.9 Å². The van der Waals surface area contributed by atoms with Crippen LogP contribution in [-0.4, -0.2) is 31.6 Å². The zero-order valence-electron chi connectivity index (χ0n) is 29.7. The summed E-state index contributed by atoms with van der Waals surface area (Å²) in [5, 5.41) is 20.0. The fraction of sp³-hybridized carbons (Fsp3) is 0.415. The van der Waals surface area contributed by atoms with Crippen molar-refractivity contribution in [2.45, 2.75) is 91.4 Å². The average Bonchev–Trinajstić information content (AvgIpc) is 3.60. The number of nitrogens with zero attached hydrogens (tertiary/aromatic N) is 1. The molecular formula is C41H51ClN4O3. The SMILES string of the molecule is CC.COc1cc(Cl)c(C(=O)NC(CNC2CCC(C)CC2)Cc2ccc(C#N)cc2)cc1-c1ccc(CNC(C)c2ccc(C)cc2)o1. The molecule has 3 aromatic carbocycles. The van der Waals surface area contributed by atoms with Gasteiger partial charge < -0.3 is 25.1 Å². The molecule has 0 saturated heterocycles. The van der Waals surface area contributed by atoms with E-state index in [0.29, 0.717) is 58.8 Å². The summed E-state index contributed by atoms with van der Waals surface area (Å²) in [4.78, 5) is 13.8. The van der Waals surface area contributed by atoms with Crippen molar-refractivity contribution in [1.82, 2.24) is 16.0 Å². The summed E-state index contributed by atoms with van der Waals surface area (Å²) in [5.41, 5.74) is 5.09. The predicted octanol–water partition coefficient (Wildman–Crippen LogP) is 9.18. The van der Waals surface area contributed by atoms with Gasteiger partial charge in [0.15, 0.2) is 0 Å². The number of carbonyl (C=O) groups excluding carboxylic acids is 1. The zero-order valence-corrected chi connectivity index (χ0v) is 30.5. The molecule has 8 heteroatoms. The van der Waals surface area contributed by atoms with Crippen molar-refractivity contribution in [3.05, 3.63) is 111 Å². The Bertz CT molecular complexity index is 1670. The number of hydrogen-bond acceptors (Lipinski definition) is 6. The molecule has 1 aliphatic carbocycles. The van der Waals surface area contributed by atoms with E-state index in [4.69, 9.17) is 20.8 Å². The Balaban J connectivity index is 0.00000265. The normalized spacial score (nSPS) is 16.9. The van der Waals surface area contributed by atoms with E-state index in [1.807, 2.05) is 50.2 Å². The molecule has 7 nitrogen and oxygen atoms in total. The molecule has 1 aromatic heterocycles. The Kier molecular flexibility index (Phi) is 14.3. The Hall–Kier alpha value is -4.09. The molecule has 1 amide bonds. The molecule has 1 aliphatic rings. The van der Waals surface area contributed by atoms with E-state index in [1.165, 1.54) is 24.0 Å². The van der Waals surface area contributed by atoms with Crippen LogP contribution < -0.4 is 20.7 Å². The second kappa shape index (κ2) is 18.6. The lowest BCUT2D eigenvalue weighted by Crippen LogP contribution is -2.46. The fourth-order valence-corrected chi connectivity index (χ4v) is 6.38. The number of hydrogen-bond donors (Lipinski definition) is 3. The minimum Gasteiger partial charge on any atom is -0.496 e. The Morgan fingerprint density at radius 1 is 1.02 bits per heavy atom. The number of halogens is 1. The van der Waals surface area contributed by atoms with E-state index in [9.17, 15) is 10.1 Å². The van der Waals surface area contributed by atoms with Gasteiger partial charge in [-0.25, -0.2) is 0 Å². The molecule has 4 aromatic rings. The number of nitriles is 1. The zero-order chi connectivity index (χ0) is 35.3. The first-order valence-corrected chi connectivity index (χ1v) is 17.9. The summed E-state index contributed by atoms with van der Waals surface area (Å²) in [5.74, 6) is 2.38. The smallest absolute Gasteiger partial charge is 0.253 e. The third kappa shape index (κ3) is 10.7. The molecule has 0 radical (unpaired) electrons. The number of rotatable bonds is 13. The number of furan rings is 1. The van der Waals surface area contributed by atoms with Gasteiger partial charge in [-0.2, -0.15) is 5.26 Å². The van der Waals surface area contributed by atoms with E-state index < -0.39 is 0 Å². The van der Waals surface area contributed by atoms with Gasteiger partial charge in [-0.15, -0.1) is 0 Å². The van der Waals surface area contributed by atoms with Gasteiger partial charge in [0, 0.05) is 30.7 Å².